The van der Waals surface area contributed by atoms with Crippen LogP contribution in [-0.4, -0.2) is 6.04 Å². The lowest BCUT2D eigenvalue weighted by molar-refractivity contribution is 0.293. The molecule has 2 unspecified atom stereocenters. The van der Waals surface area contributed by atoms with Crippen LogP contribution < -0.4 is 5.73 Å². The van der Waals surface area contributed by atoms with Crippen LogP contribution in [0.3, 0.4) is 0 Å². The zero-order chi connectivity index (χ0) is 8.10. The fourth-order valence-corrected chi connectivity index (χ4v) is 1.93. The quantitative estimate of drug-likeness (QED) is 0.619. The molecule has 1 heteroatoms. The van der Waals surface area contributed by atoms with Gasteiger partial charge in [-0.05, 0) is 31.6 Å². The van der Waals surface area contributed by atoms with E-state index in [1.54, 1.807) is 0 Å². The second kappa shape index (κ2) is 4.55. The van der Waals surface area contributed by atoms with Crippen LogP contribution in [0.5, 0.6) is 0 Å². The van der Waals surface area contributed by atoms with Crippen LogP contribution in [0.4, 0.5) is 0 Å². The standard InChI is InChI=1S/C10H19N/c1-2-3-6-9-7-4-5-8-10(9)11/h2,9-10H,1,3-8,11H2. The van der Waals surface area contributed by atoms with Crippen LogP contribution in [0.2, 0.25) is 0 Å². The molecule has 0 aliphatic heterocycles. The molecule has 0 amide bonds. The Bertz CT molecular complexity index is 120. The third-order valence-corrected chi connectivity index (χ3v) is 2.71. The summed E-state index contributed by atoms with van der Waals surface area (Å²) >= 11 is 0. The molecule has 2 atom stereocenters. The van der Waals surface area contributed by atoms with Gasteiger partial charge in [0.15, 0.2) is 0 Å². The maximum atomic E-state index is 5.99. The van der Waals surface area contributed by atoms with E-state index in [0.717, 1.165) is 12.3 Å². The molecule has 0 radical (unpaired) electrons. The summed E-state index contributed by atoms with van der Waals surface area (Å²) in [5.74, 6) is 0.779. The Morgan fingerprint density at radius 1 is 1.36 bits per heavy atom. The van der Waals surface area contributed by atoms with Crippen molar-refractivity contribution in [2.24, 2.45) is 11.7 Å². The zero-order valence-corrected chi connectivity index (χ0v) is 7.26. The molecule has 1 aliphatic carbocycles. The average molecular weight is 153 g/mol. The number of allylic oxidation sites excluding steroid dienone is 1. The van der Waals surface area contributed by atoms with Gasteiger partial charge in [0.25, 0.3) is 0 Å². The van der Waals surface area contributed by atoms with Gasteiger partial charge in [0.1, 0.15) is 0 Å². The van der Waals surface area contributed by atoms with E-state index in [9.17, 15) is 0 Å². The smallest absolute Gasteiger partial charge is 0.00672 e. The summed E-state index contributed by atoms with van der Waals surface area (Å²) < 4.78 is 0. The van der Waals surface area contributed by atoms with Crippen LogP contribution >= 0.6 is 0 Å². The predicted molar refractivity (Wildman–Crippen MR) is 49.4 cm³/mol. The molecule has 0 aromatic rings. The van der Waals surface area contributed by atoms with E-state index in [2.05, 4.69) is 6.58 Å². The zero-order valence-electron chi connectivity index (χ0n) is 7.26. The third-order valence-electron chi connectivity index (χ3n) is 2.71. The van der Waals surface area contributed by atoms with Gasteiger partial charge in [-0.3, -0.25) is 0 Å². The lowest BCUT2D eigenvalue weighted by Gasteiger charge is -2.28. The van der Waals surface area contributed by atoms with Gasteiger partial charge in [0, 0.05) is 6.04 Å². The third kappa shape index (κ3) is 2.66. The number of nitrogens with two attached hydrogens (primary N) is 1. The maximum absolute atomic E-state index is 5.99. The minimum absolute atomic E-state index is 0.476. The molecular formula is C10H19N. The average Bonchev–Trinajstić information content (AvgIpc) is 2.03. The first-order valence-corrected chi connectivity index (χ1v) is 4.71. The van der Waals surface area contributed by atoms with Crippen LogP contribution in [0.1, 0.15) is 38.5 Å². The summed E-state index contributed by atoms with van der Waals surface area (Å²) in [6.45, 7) is 3.73. The van der Waals surface area contributed by atoms with Gasteiger partial charge >= 0.3 is 0 Å². The van der Waals surface area contributed by atoms with E-state index >= 15 is 0 Å². The molecule has 1 saturated carbocycles. The largest absolute Gasteiger partial charge is 0.327 e. The fraction of sp³-hybridized carbons (Fsp3) is 0.800. The molecule has 64 valence electrons. The minimum Gasteiger partial charge on any atom is -0.327 e. The van der Waals surface area contributed by atoms with Gasteiger partial charge in [0.2, 0.25) is 0 Å². The van der Waals surface area contributed by atoms with Crippen molar-refractivity contribution in [2.75, 3.05) is 0 Å². The first-order chi connectivity index (χ1) is 5.34. The van der Waals surface area contributed by atoms with E-state index in [-0.39, 0.29) is 0 Å². The lowest BCUT2D eigenvalue weighted by Crippen LogP contribution is -2.32. The van der Waals surface area contributed by atoms with Crippen molar-refractivity contribution < 1.29 is 0 Å². The second-order valence-electron chi connectivity index (χ2n) is 3.57. The molecule has 1 fully saturated rings. The molecule has 0 saturated heterocycles. The predicted octanol–water partition coefficient (Wildman–Crippen LogP) is 2.47. The van der Waals surface area contributed by atoms with Crippen molar-refractivity contribution in [3.63, 3.8) is 0 Å². The fourth-order valence-electron chi connectivity index (χ4n) is 1.93. The van der Waals surface area contributed by atoms with E-state index in [1.165, 1.54) is 32.1 Å². The van der Waals surface area contributed by atoms with Crippen molar-refractivity contribution in [1.29, 1.82) is 0 Å². The Kier molecular flexibility index (Phi) is 3.64. The van der Waals surface area contributed by atoms with E-state index in [0.29, 0.717) is 6.04 Å². The van der Waals surface area contributed by atoms with Crippen LogP contribution in [0, 0.1) is 5.92 Å². The van der Waals surface area contributed by atoms with E-state index < -0.39 is 0 Å². The maximum Gasteiger partial charge on any atom is 0.00672 e. The highest BCUT2D eigenvalue weighted by molar-refractivity contribution is 4.80. The summed E-state index contributed by atoms with van der Waals surface area (Å²) in [6, 6.07) is 0.476. The van der Waals surface area contributed by atoms with Gasteiger partial charge in [-0.2, -0.15) is 0 Å². The van der Waals surface area contributed by atoms with Gasteiger partial charge in [0.05, 0.1) is 0 Å². The monoisotopic (exact) mass is 153 g/mol. The molecule has 0 bridgehead atoms. The second-order valence-corrected chi connectivity index (χ2v) is 3.57. The summed E-state index contributed by atoms with van der Waals surface area (Å²) in [5.41, 5.74) is 5.99. The Hall–Kier alpha value is -0.300. The van der Waals surface area contributed by atoms with Crippen molar-refractivity contribution in [3.05, 3.63) is 12.7 Å². The van der Waals surface area contributed by atoms with E-state index in [1.807, 2.05) is 6.08 Å². The molecule has 0 aromatic carbocycles. The molecule has 0 aromatic heterocycles. The minimum atomic E-state index is 0.476. The van der Waals surface area contributed by atoms with Crippen LogP contribution in [-0.2, 0) is 0 Å². The Labute approximate surface area is 69.7 Å². The molecule has 11 heavy (non-hydrogen) atoms. The topological polar surface area (TPSA) is 26.0 Å². The molecule has 0 heterocycles. The SMILES string of the molecule is C=CCCC1CCCCC1N. The first-order valence-electron chi connectivity index (χ1n) is 4.71. The highest BCUT2D eigenvalue weighted by Gasteiger charge is 2.20. The first kappa shape index (κ1) is 8.79. The number of hydrogen-bond acceptors (Lipinski definition) is 1. The van der Waals surface area contributed by atoms with Crippen molar-refractivity contribution in [1.82, 2.24) is 0 Å². The van der Waals surface area contributed by atoms with Crippen molar-refractivity contribution in [3.8, 4) is 0 Å². The molecule has 2 N–H and O–H groups in total. The Balaban J connectivity index is 2.23. The summed E-state index contributed by atoms with van der Waals surface area (Å²) in [6.07, 6.45) is 9.70. The number of rotatable bonds is 3. The molecule has 1 nitrogen and oxygen atoms in total. The van der Waals surface area contributed by atoms with Crippen molar-refractivity contribution >= 4 is 0 Å². The van der Waals surface area contributed by atoms with Gasteiger partial charge in [-0.25, -0.2) is 0 Å². The number of hydrogen-bond donors (Lipinski definition) is 1. The molecule has 0 spiro atoms. The van der Waals surface area contributed by atoms with Gasteiger partial charge in [-0.15, -0.1) is 6.58 Å². The lowest BCUT2D eigenvalue weighted by atomic mass is 9.82. The van der Waals surface area contributed by atoms with E-state index in [4.69, 9.17) is 5.73 Å². The van der Waals surface area contributed by atoms with Crippen LogP contribution in [0.15, 0.2) is 12.7 Å². The molecule has 1 rings (SSSR count). The Morgan fingerprint density at radius 3 is 2.73 bits per heavy atom. The Morgan fingerprint density at radius 2 is 2.09 bits per heavy atom. The highest BCUT2D eigenvalue weighted by atomic mass is 14.7. The summed E-state index contributed by atoms with van der Waals surface area (Å²) in [5, 5.41) is 0. The normalized spacial score (nSPS) is 31.7. The van der Waals surface area contributed by atoms with Crippen molar-refractivity contribution in [2.45, 2.75) is 44.6 Å². The summed E-state index contributed by atoms with van der Waals surface area (Å²) in [4.78, 5) is 0. The molecule has 1 aliphatic rings. The van der Waals surface area contributed by atoms with Crippen LogP contribution in [0.25, 0.3) is 0 Å². The van der Waals surface area contributed by atoms with Gasteiger partial charge in [-0.1, -0.05) is 18.9 Å². The molecular weight excluding hydrogens is 134 g/mol. The van der Waals surface area contributed by atoms with Gasteiger partial charge < -0.3 is 5.73 Å². The highest BCUT2D eigenvalue weighted by Crippen LogP contribution is 2.26. The summed E-state index contributed by atoms with van der Waals surface area (Å²) in [7, 11) is 0.